The summed E-state index contributed by atoms with van der Waals surface area (Å²) in [6.07, 6.45) is 3.88. The molecule has 1 aromatic carbocycles. The average Bonchev–Trinajstić information content (AvgIpc) is 2.47. The molecule has 1 saturated carbocycles. The Morgan fingerprint density at radius 3 is 2.67 bits per heavy atom. The van der Waals surface area contributed by atoms with E-state index in [4.69, 9.17) is 4.98 Å². The number of hydrogen-bond acceptors (Lipinski definition) is 2. The largest absolute Gasteiger partial charge is 0.316 e. The maximum Gasteiger partial charge on any atom is 0.0705 e. The molecule has 2 atom stereocenters. The number of fused-ring (bicyclic) bond motifs is 1. The molecule has 0 radical (unpaired) electrons. The zero-order valence-corrected chi connectivity index (χ0v) is 13.2. The van der Waals surface area contributed by atoms with Crippen LogP contribution in [0.25, 0.3) is 10.9 Å². The summed E-state index contributed by atoms with van der Waals surface area (Å²) in [4.78, 5) is 4.82. The zero-order chi connectivity index (χ0) is 14.7. The summed E-state index contributed by atoms with van der Waals surface area (Å²) in [5.74, 6) is 2.40. The van der Waals surface area contributed by atoms with Crippen LogP contribution in [0.3, 0.4) is 0 Å². The van der Waals surface area contributed by atoms with Crippen LogP contribution in [-0.2, 0) is 6.42 Å². The number of nitrogens with zero attached hydrogens (tertiary/aromatic N) is 1. The Morgan fingerprint density at radius 1 is 1.10 bits per heavy atom. The lowest BCUT2D eigenvalue weighted by atomic mass is 9.71. The molecule has 2 nitrogen and oxygen atoms in total. The minimum atomic E-state index is 0.741. The molecule has 2 unspecified atom stereocenters. The quantitative estimate of drug-likeness (QED) is 0.864. The van der Waals surface area contributed by atoms with Gasteiger partial charge in [0.1, 0.15) is 0 Å². The Kier molecular flexibility index (Phi) is 4.54. The summed E-state index contributed by atoms with van der Waals surface area (Å²) in [5, 5.41) is 4.85. The Hall–Kier alpha value is -1.41. The highest BCUT2D eigenvalue weighted by Crippen LogP contribution is 2.36. The van der Waals surface area contributed by atoms with Gasteiger partial charge in [0, 0.05) is 11.1 Å². The molecule has 0 saturated heterocycles. The second kappa shape index (κ2) is 6.57. The summed E-state index contributed by atoms with van der Waals surface area (Å²) in [6, 6.07) is 12.8. The van der Waals surface area contributed by atoms with E-state index in [9.17, 15) is 0 Å². The van der Waals surface area contributed by atoms with Gasteiger partial charge in [0.05, 0.1) is 5.52 Å². The molecule has 1 aliphatic carbocycles. The van der Waals surface area contributed by atoms with Gasteiger partial charge in [0.25, 0.3) is 0 Å². The van der Waals surface area contributed by atoms with Crippen LogP contribution in [0, 0.1) is 17.8 Å². The van der Waals surface area contributed by atoms with Crippen molar-refractivity contribution in [2.45, 2.75) is 33.1 Å². The molecular weight excluding hydrogens is 256 g/mol. The maximum atomic E-state index is 4.82. The maximum absolute atomic E-state index is 4.82. The summed E-state index contributed by atoms with van der Waals surface area (Å²) in [5.41, 5.74) is 2.39. The first kappa shape index (κ1) is 14.5. The van der Waals surface area contributed by atoms with Gasteiger partial charge < -0.3 is 5.32 Å². The van der Waals surface area contributed by atoms with Gasteiger partial charge in [-0.05, 0) is 62.2 Å². The molecule has 21 heavy (non-hydrogen) atoms. The van der Waals surface area contributed by atoms with Crippen molar-refractivity contribution in [1.29, 1.82) is 0 Å². The summed E-state index contributed by atoms with van der Waals surface area (Å²) in [6.45, 7) is 6.85. The highest BCUT2D eigenvalue weighted by atomic mass is 14.9. The zero-order valence-electron chi connectivity index (χ0n) is 13.2. The molecule has 112 valence electrons. The minimum Gasteiger partial charge on any atom is -0.316 e. The number of aromatic nitrogens is 1. The lowest BCUT2D eigenvalue weighted by Crippen LogP contribution is -2.37. The smallest absolute Gasteiger partial charge is 0.0705 e. The van der Waals surface area contributed by atoms with E-state index in [0.717, 1.165) is 36.2 Å². The highest BCUT2D eigenvalue weighted by molar-refractivity contribution is 5.78. The van der Waals surface area contributed by atoms with Gasteiger partial charge in [0.2, 0.25) is 0 Å². The normalized spacial score (nSPS) is 21.7. The van der Waals surface area contributed by atoms with Crippen LogP contribution in [0.15, 0.2) is 36.4 Å². The second-order valence-electron chi connectivity index (χ2n) is 6.85. The molecule has 1 aliphatic rings. The number of nitrogens with one attached hydrogen (secondary N) is 1. The lowest BCUT2D eigenvalue weighted by molar-refractivity contribution is 0.168. The van der Waals surface area contributed by atoms with E-state index < -0.39 is 0 Å². The Bertz CT molecular complexity index is 591. The van der Waals surface area contributed by atoms with E-state index >= 15 is 0 Å². The fourth-order valence-corrected chi connectivity index (χ4v) is 3.22. The molecule has 1 heterocycles. The van der Waals surface area contributed by atoms with Crippen molar-refractivity contribution < 1.29 is 0 Å². The van der Waals surface area contributed by atoms with Gasteiger partial charge in [-0.15, -0.1) is 0 Å². The van der Waals surface area contributed by atoms with Gasteiger partial charge in [0.15, 0.2) is 0 Å². The molecule has 1 aromatic heterocycles. The van der Waals surface area contributed by atoms with Gasteiger partial charge >= 0.3 is 0 Å². The van der Waals surface area contributed by atoms with Crippen LogP contribution in [0.1, 0.15) is 32.4 Å². The predicted molar refractivity (Wildman–Crippen MR) is 89.4 cm³/mol. The van der Waals surface area contributed by atoms with Crippen LogP contribution in [0.5, 0.6) is 0 Å². The molecular formula is C19H26N2. The fourth-order valence-electron chi connectivity index (χ4n) is 3.22. The first-order valence-electron chi connectivity index (χ1n) is 8.28. The molecule has 0 aliphatic heterocycles. The first-order chi connectivity index (χ1) is 10.2. The van der Waals surface area contributed by atoms with Crippen LogP contribution >= 0.6 is 0 Å². The number of pyridine rings is 1. The van der Waals surface area contributed by atoms with Crippen LogP contribution in [-0.4, -0.2) is 18.1 Å². The van der Waals surface area contributed by atoms with Crippen LogP contribution < -0.4 is 5.32 Å². The van der Waals surface area contributed by atoms with Crippen molar-refractivity contribution in [3.63, 3.8) is 0 Å². The van der Waals surface area contributed by atoms with Gasteiger partial charge in [-0.2, -0.15) is 0 Å². The molecule has 3 rings (SSSR count). The van der Waals surface area contributed by atoms with Crippen molar-refractivity contribution in [2.75, 3.05) is 13.1 Å². The number of para-hydroxylation sites is 1. The van der Waals surface area contributed by atoms with E-state index in [-0.39, 0.29) is 0 Å². The van der Waals surface area contributed by atoms with E-state index in [1.54, 1.807) is 0 Å². The Labute approximate surface area is 128 Å². The average molecular weight is 282 g/mol. The molecule has 2 heteroatoms. The van der Waals surface area contributed by atoms with E-state index in [1.165, 1.54) is 30.5 Å². The van der Waals surface area contributed by atoms with Crippen LogP contribution in [0.2, 0.25) is 0 Å². The van der Waals surface area contributed by atoms with Crippen molar-refractivity contribution in [3.05, 3.63) is 42.1 Å². The SMILES string of the molecule is CC(C)CNCC1CCC1Cc1ccc2ccccc2n1. The molecule has 0 amide bonds. The van der Waals surface area contributed by atoms with Gasteiger partial charge in [-0.25, -0.2) is 0 Å². The van der Waals surface area contributed by atoms with E-state index in [0.29, 0.717) is 0 Å². The highest BCUT2D eigenvalue weighted by Gasteiger charge is 2.30. The molecule has 2 aromatic rings. The van der Waals surface area contributed by atoms with Crippen molar-refractivity contribution >= 4 is 10.9 Å². The number of hydrogen-bond donors (Lipinski definition) is 1. The summed E-state index contributed by atoms with van der Waals surface area (Å²) in [7, 11) is 0. The minimum absolute atomic E-state index is 0.741. The van der Waals surface area contributed by atoms with E-state index in [2.05, 4.69) is 55.6 Å². The molecule has 1 N–H and O–H groups in total. The third-order valence-corrected chi connectivity index (χ3v) is 4.66. The molecule has 0 spiro atoms. The summed E-state index contributed by atoms with van der Waals surface area (Å²) < 4.78 is 0. The lowest BCUT2D eigenvalue weighted by Gasteiger charge is -2.37. The molecule has 1 fully saturated rings. The van der Waals surface area contributed by atoms with Crippen molar-refractivity contribution in [3.8, 4) is 0 Å². The Morgan fingerprint density at radius 2 is 1.90 bits per heavy atom. The van der Waals surface area contributed by atoms with Gasteiger partial charge in [-0.3, -0.25) is 4.98 Å². The predicted octanol–water partition coefficient (Wildman–Crippen LogP) is 4.05. The number of rotatable bonds is 6. The third kappa shape index (κ3) is 3.62. The monoisotopic (exact) mass is 282 g/mol. The topological polar surface area (TPSA) is 24.9 Å². The third-order valence-electron chi connectivity index (χ3n) is 4.66. The standard InChI is InChI=1S/C19H26N2/c1-14(2)12-20-13-17-8-7-16(17)11-18-10-9-15-5-3-4-6-19(15)21-18/h3-6,9-10,14,16-17,20H,7-8,11-13H2,1-2H3. The first-order valence-corrected chi connectivity index (χ1v) is 8.28. The van der Waals surface area contributed by atoms with E-state index in [1.807, 2.05) is 0 Å². The molecule has 0 bridgehead atoms. The van der Waals surface area contributed by atoms with Crippen LogP contribution in [0.4, 0.5) is 0 Å². The Balaban J connectivity index is 1.57. The fraction of sp³-hybridized carbons (Fsp3) is 0.526. The van der Waals surface area contributed by atoms with Gasteiger partial charge in [-0.1, -0.05) is 38.1 Å². The van der Waals surface area contributed by atoms with Crippen molar-refractivity contribution in [1.82, 2.24) is 10.3 Å². The summed E-state index contributed by atoms with van der Waals surface area (Å²) >= 11 is 0. The second-order valence-corrected chi connectivity index (χ2v) is 6.85. The van der Waals surface area contributed by atoms with Crippen molar-refractivity contribution in [2.24, 2.45) is 17.8 Å². The number of benzene rings is 1.